The van der Waals surface area contributed by atoms with Crippen LogP contribution in [0.2, 0.25) is 0 Å². The number of halogens is 1. The molecule has 0 saturated carbocycles. The van der Waals surface area contributed by atoms with E-state index >= 15 is 0 Å². The quantitative estimate of drug-likeness (QED) is 0.742. The van der Waals surface area contributed by atoms with Gasteiger partial charge in [0.2, 0.25) is 10.0 Å². The Morgan fingerprint density at radius 1 is 1.00 bits per heavy atom. The second kappa shape index (κ2) is 6.90. The van der Waals surface area contributed by atoms with E-state index in [-0.39, 0.29) is 11.4 Å². The topological polar surface area (TPSA) is 76.9 Å². The van der Waals surface area contributed by atoms with Crippen LogP contribution in [0.15, 0.2) is 71.9 Å². The minimum Gasteiger partial charge on any atom is -0.207 e. The molecule has 3 aromatic rings. The average Bonchev–Trinajstić information content (AvgIpc) is 3.08. The maximum Gasteiger partial charge on any atom is 0.244 e. The van der Waals surface area contributed by atoms with Gasteiger partial charge in [0.25, 0.3) is 0 Å². The third kappa shape index (κ3) is 3.66. The minimum absolute atomic E-state index is 0.185. The van der Waals surface area contributed by atoms with Crippen molar-refractivity contribution in [3.05, 3.63) is 78.4 Å². The van der Waals surface area contributed by atoms with Gasteiger partial charge in [-0.2, -0.15) is 15.0 Å². The lowest BCUT2D eigenvalue weighted by atomic mass is 10.1. The van der Waals surface area contributed by atoms with Crippen molar-refractivity contribution < 1.29 is 12.8 Å². The Morgan fingerprint density at radius 3 is 2.29 bits per heavy atom. The SMILES string of the molecule is O=S(=O)(N[C@H](Cn1nccn1)c1ccccc1)c1ccccc1F. The Bertz CT molecular complexity index is 899. The van der Waals surface area contributed by atoms with Crippen molar-refractivity contribution in [1.82, 2.24) is 19.7 Å². The Balaban J connectivity index is 1.93. The first kappa shape index (κ1) is 16.3. The molecule has 124 valence electrons. The van der Waals surface area contributed by atoms with Crippen molar-refractivity contribution in [2.45, 2.75) is 17.5 Å². The minimum atomic E-state index is -4.04. The molecule has 3 rings (SSSR count). The molecule has 0 aliphatic heterocycles. The first-order valence-corrected chi connectivity index (χ1v) is 8.70. The zero-order valence-corrected chi connectivity index (χ0v) is 13.4. The lowest BCUT2D eigenvalue weighted by Gasteiger charge is -2.19. The summed E-state index contributed by atoms with van der Waals surface area (Å²) in [5.41, 5.74) is 0.731. The van der Waals surface area contributed by atoms with E-state index in [2.05, 4.69) is 14.9 Å². The third-order valence-corrected chi connectivity index (χ3v) is 4.94. The van der Waals surface area contributed by atoms with Gasteiger partial charge in [0, 0.05) is 0 Å². The highest BCUT2D eigenvalue weighted by atomic mass is 32.2. The molecular formula is C16H15FN4O2S. The number of rotatable bonds is 6. The van der Waals surface area contributed by atoms with E-state index in [4.69, 9.17) is 0 Å². The molecule has 0 fully saturated rings. The van der Waals surface area contributed by atoms with Crippen molar-refractivity contribution in [2.75, 3.05) is 0 Å². The molecule has 6 nitrogen and oxygen atoms in total. The summed E-state index contributed by atoms with van der Waals surface area (Å²) >= 11 is 0. The van der Waals surface area contributed by atoms with Gasteiger partial charge in [-0.05, 0) is 17.7 Å². The van der Waals surface area contributed by atoms with Crippen LogP contribution in [0.4, 0.5) is 4.39 Å². The lowest BCUT2D eigenvalue weighted by Crippen LogP contribution is -2.32. The fourth-order valence-electron chi connectivity index (χ4n) is 2.31. The molecule has 24 heavy (non-hydrogen) atoms. The van der Waals surface area contributed by atoms with Crippen molar-refractivity contribution >= 4 is 10.0 Å². The zero-order chi connectivity index (χ0) is 17.0. The predicted octanol–water partition coefficient (Wildman–Crippen LogP) is 2.14. The largest absolute Gasteiger partial charge is 0.244 e. The number of hydrogen-bond donors (Lipinski definition) is 1. The van der Waals surface area contributed by atoms with Gasteiger partial charge < -0.3 is 0 Å². The number of benzene rings is 2. The first-order valence-electron chi connectivity index (χ1n) is 7.22. The Hall–Kier alpha value is -2.58. The molecule has 0 radical (unpaired) electrons. The summed E-state index contributed by atoms with van der Waals surface area (Å²) in [7, 11) is -4.04. The smallest absolute Gasteiger partial charge is 0.207 e. The summed E-state index contributed by atoms with van der Waals surface area (Å²) in [6.07, 6.45) is 3.01. The summed E-state index contributed by atoms with van der Waals surface area (Å²) in [6, 6.07) is 13.6. The van der Waals surface area contributed by atoms with Crippen LogP contribution >= 0.6 is 0 Å². The van der Waals surface area contributed by atoms with Crippen LogP contribution in [0.25, 0.3) is 0 Å². The molecular weight excluding hydrogens is 331 g/mol. The summed E-state index contributed by atoms with van der Waals surface area (Å²) in [6.45, 7) is 0.185. The van der Waals surface area contributed by atoms with Gasteiger partial charge in [0.05, 0.1) is 25.0 Å². The highest BCUT2D eigenvalue weighted by Gasteiger charge is 2.24. The number of nitrogens with one attached hydrogen (secondary N) is 1. The van der Waals surface area contributed by atoms with E-state index in [0.717, 1.165) is 11.6 Å². The second-order valence-corrected chi connectivity index (χ2v) is 6.78. The van der Waals surface area contributed by atoms with Crippen LogP contribution < -0.4 is 4.72 Å². The number of nitrogens with zero attached hydrogens (tertiary/aromatic N) is 3. The maximum absolute atomic E-state index is 13.9. The van der Waals surface area contributed by atoms with Gasteiger partial charge in [-0.25, -0.2) is 17.5 Å². The van der Waals surface area contributed by atoms with Gasteiger partial charge in [-0.1, -0.05) is 42.5 Å². The van der Waals surface area contributed by atoms with Crippen molar-refractivity contribution in [2.24, 2.45) is 0 Å². The van der Waals surface area contributed by atoms with Crippen molar-refractivity contribution in [1.29, 1.82) is 0 Å². The fraction of sp³-hybridized carbons (Fsp3) is 0.125. The van der Waals surface area contributed by atoms with E-state index in [1.165, 1.54) is 35.4 Å². The number of sulfonamides is 1. The van der Waals surface area contributed by atoms with Crippen LogP contribution in [0.1, 0.15) is 11.6 Å². The van der Waals surface area contributed by atoms with Crippen molar-refractivity contribution in [3.8, 4) is 0 Å². The summed E-state index contributed by atoms with van der Waals surface area (Å²) in [5.74, 6) is -0.797. The van der Waals surface area contributed by atoms with Gasteiger partial charge in [-0.3, -0.25) is 0 Å². The standard InChI is InChI=1S/C16H15FN4O2S/c17-14-8-4-5-9-16(14)24(22,23)20-15(12-21-18-10-11-19-21)13-6-2-1-3-7-13/h1-11,15,20H,12H2/t15-/m1/s1. The molecule has 1 heterocycles. The van der Waals surface area contributed by atoms with Crippen LogP contribution in [0.5, 0.6) is 0 Å². The van der Waals surface area contributed by atoms with Gasteiger partial charge in [0.15, 0.2) is 0 Å². The Kier molecular flexibility index (Phi) is 4.68. The third-order valence-electron chi connectivity index (χ3n) is 3.44. The van der Waals surface area contributed by atoms with Crippen LogP contribution in [0.3, 0.4) is 0 Å². The zero-order valence-electron chi connectivity index (χ0n) is 12.6. The van der Waals surface area contributed by atoms with Crippen LogP contribution in [-0.2, 0) is 16.6 Å². The second-order valence-electron chi connectivity index (χ2n) is 5.10. The molecule has 8 heteroatoms. The van der Waals surface area contributed by atoms with E-state index < -0.39 is 21.9 Å². The Labute approximate surface area is 139 Å². The maximum atomic E-state index is 13.9. The molecule has 0 saturated heterocycles. The molecule has 1 aromatic heterocycles. The molecule has 1 N–H and O–H groups in total. The number of aromatic nitrogens is 3. The van der Waals surface area contributed by atoms with Crippen LogP contribution in [-0.4, -0.2) is 23.4 Å². The fourth-order valence-corrected chi connectivity index (χ4v) is 3.61. The van der Waals surface area contributed by atoms with E-state index in [9.17, 15) is 12.8 Å². The van der Waals surface area contributed by atoms with Crippen molar-refractivity contribution in [3.63, 3.8) is 0 Å². The van der Waals surface area contributed by atoms with Gasteiger partial charge in [0.1, 0.15) is 10.7 Å². The van der Waals surface area contributed by atoms with Gasteiger partial charge >= 0.3 is 0 Å². The molecule has 0 aliphatic rings. The lowest BCUT2D eigenvalue weighted by molar-refractivity contribution is 0.443. The van der Waals surface area contributed by atoms with E-state index in [1.54, 1.807) is 24.3 Å². The molecule has 0 amide bonds. The average molecular weight is 346 g/mol. The highest BCUT2D eigenvalue weighted by Crippen LogP contribution is 2.20. The molecule has 0 aliphatic carbocycles. The highest BCUT2D eigenvalue weighted by molar-refractivity contribution is 7.89. The molecule has 2 aromatic carbocycles. The van der Waals surface area contributed by atoms with E-state index in [1.807, 2.05) is 6.07 Å². The van der Waals surface area contributed by atoms with Crippen LogP contribution in [0, 0.1) is 5.82 Å². The molecule has 1 atom stereocenters. The summed E-state index contributed by atoms with van der Waals surface area (Å²) in [4.78, 5) is 0.987. The summed E-state index contributed by atoms with van der Waals surface area (Å²) < 4.78 is 41.5. The molecule has 0 spiro atoms. The summed E-state index contributed by atoms with van der Waals surface area (Å²) in [5, 5.41) is 8.00. The number of hydrogen-bond acceptors (Lipinski definition) is 4. The monoisotopic (exact) mass is 346 g/mol. The predicted molar refractivity (Wildman–Crippen MR) is 85.9 cm³/mol. The van der Waals surface area contributed by atoms with E-state index in [0.29, 0.717) is 0 Å². The molecule has 0 unspecified atom stereocenters. The Morgan fingerprint density at radius 2 is 1.62 bits per heavy atom. The first-order chi connectivity index (χ1) is 11.6. The normalized spacial score (nSPS) is 12.9. The van der Waals surface area contributed by atoms with Gasteiger partial charge in [-0.15, -0.1) is 0 Å². The molecule has 0 bridgehead atoms.